The fraction of sp³-hybridized carbons (Fsp3) is 0.368. The Morgan fingerprint density at radius 3 is 2.48 bits per heavy atom. The lowest BCUT2D eigenvalue weighted by atomic mass is 10.1. The molecule has 1 amide bonds. The number of piperidine rings is 1. The van der Waals surface area contributed by atoms with Crippen LogP contribution in [-0.4, -0.2) is 30.3 Å². The van der Waals surface area contributed by atoms with Crippen molar-refractivity contribution in [3.63, 3.8) is 0 Å². The predicted molar refractivity (Wildman–Crippen MR) is 94.6 cm³/mol. The average Bonchev–Trinajstić information content (AvgIpc) is 2.66. The molecule has 1 fully saturated rings. The molecule has 5 nitrogen and oxygen atoms in total. The quantitative estimate of drug-likeness (QED) is 0.856. The SMILES string of the molecule is O=C(NCc1cccnc1N1CCCCC1)c1ccc(OC(F)(F)F)cc1. The number of rotatable bonds is 5. The lowest BCUT2D eigenvalue weighted by Gasteiger charge is -2.29. The number of aromatic nitrogens is 1. The molecule has 27 heavy (non-hydrogen) atoms. The fourth-order valence-corrected chi connectivity index (χ4v) is 3.04. The minimum atomic E-state index is -4.76. The molecule has 2 aromatic rings. The van der Waals surface area contributed by atoms with Crippen molar-refractivity contribution in [1.82, 2.24) is 10.3 Å². The highest BCUT2D eigenvalue weighted by Gasteiger charge is 2.31. The van der Waals surface area contributed by atoms with Crippen molar-refractivity contribution in [2.45, 2.75) is 32.2 Å². The van der Waals surface area contributed by atoms with Crippen LogP contribution in [0.1, 0.15) is 35.2 Å². The number of amides is 1. The van der Waals surface area contributed by atoms with Crippen LogP contribution in [0, 0.1) is 0 Å². The first-order valence-corrected chi connectivity index (χ1v) is 8.75. The largest absolute Gasteiger partial charge is 0.573 e. The van der Waals surface area contributed by atoms with Crippen LogP contribution in [0.5, 0.6) is 5.75 Å². The first-order chi connectivity index (χ1) is 12.9. The number of hydrogen-bond acceptors (Lipinski definition) is 4. The van der Waals surface area contributed by atoms with Crippen LogP contribution in [0.3, 0.4) is 0 Å². The topological polar surface area (TPSA) is 54.5 Å². The number of halogens is 3. The summed E-state index contributed by atoms with van der Waals surface area (Å²) >= 11 is 0. The van der Waals surface area contributed by atoms with Crippen LogP contribution in [0.2, 0.25) is 0 Å². The Labute approximate surface area is 155 Å². The van der Waals surface area contributed by atoms with Gasteiger partial charge >= 0.3 is 6.36 Å². The van der Waals surface area contributed by atoms with Gasteiger partial charge in [0.25, 0.3) is 5.91 Å². The average molecular weight is 379 g/mol. The van der Waals surface area contributed by atoms with E-state index in [0.29, 0.717) is 6.54 Å². The Balaban J connectivity index is 1.62. The second-order valence-corrected chi connectivity index (χ2v) is 6.29. The van der Waals surface area contributed by atoms with Crippen molar-refractivity contribution < 1.29 is 22.7 Å². The summed E-state index contributed by atoms with van der Waals surface area (Å²) in [5, 5.41) is 2.79. The standard InChI is InChI=1S/C19H20F3N3O2/c20-19(21,22)27-16-8-6-14(7-9-16)18(26)24-13-15-5-4-10-23-17(15)25-11-2-1-3-12-25/h4-10H,1-3,11-13H2,(H,24,26). The van der Waals surface area contributed by atoms with Gasteiger partial charge in [-0.05, 0) is 49.6 Å². The second-order valence-electron chi connectivity index (χ2n) is 6.29. The van der Waals surface area contributed by atoms with Gasteiger partial charge in [0.2, 0.25) is 0 Å². The number of ether oxygens (including phenoxy) is 1. The Kier molecular flexibility index (Phi) is 5.83. The number of hydrogen-bond donors (Lipinski definition) is 1. The molecular formula is C19H20F3N3O2. The van der Waals surface area contributed by atoms with E-state index < -0.39 is 6.36 Å². The van der Waals surface area contributed by atoms with Gasteiger partial charge in [-0.2, -0.15) is 0 Å². The van der Waals surface area contributed by atoms with E-state index >= 15 is 0 Å². The van der Waals surface area contributed by atoms with Crippen molar-refractivity contribution in [2.24, 2.45) is 0 Å². The van der Waals surface area contributed by atoms with Gasteiger partial charge < -0.3 is 15.0 Å². The molecule has 8 heteroatoms. The summed E-state index contributed by atoms with van der Waals surface area (Å²) in [4.78, 5) is 19.0. The molecule has 0 bridgehead atoms. The summed E-state index contributed by atoms with van der Waals surface area (Å²) < 4.78 is 40.4. The molecular weight excluding hydrogens is 359 g/mol. The zero-order valence-corrected chi connectivity index (χ0v) is 14.6. The van der Waals surface area contributed by atoms with Crippen molar-refractivity contribution in [2.75, 3.05) is 18.0 Å². The number of benzene rings is 1. The molecule has 3 rings (SSSR count). The van der Waals surface area contributed by atoms with Crippen LogP contribution >= 0.6 is 0 Å². The first-order valence-electron chi connectivity index (χ1n) is 8.75. The fourth-order valence-electron chi connectivity index (χ4n) is 3.04. The van der Waals surface area contributed by atoms with E-state index in [4.69, 9.17) is 0 Å². The van der Waals surface area contributed by atoms with E-state index in [1.807, 2.05) is 12.1 Å². The molecule has 2 heterocycles. The van der Waals surface area contributed by atoms with Crippen molar-refractivity contribution in [3.8, 4) is 5.75 Å². The van der Waals surface area contributed by atoms with Gasteiger partial charge in [0, 0.05) is 37.0 Å². The van der Waals surface area contributed by atoms with E-state index in [9.17, 15) is 18.0 Å². The third kappa shape index (κ3) is 5.35. The Morgan fingerprint density at radius 1 is 1.11 bits per heavy atom. The molecule has 0 atom stereocenters. The lowest BCUT2D eigenvalue weighted by Crippen LogP contribution is -2.32. The molecule has 1 saturated heterocycles. The molecule has 144 valence electrons. The number of carbonyl (C=O) groups is 1. The molecule has 0 unspecified atom stereocenters. The second kappa shape index (κ2) is 8.28. The molecule has 0 saturated carbocycles. The zero-order valence-electron chi connectivity index (χ0n) is 14.6. The predicted octanol–water partition coefficient (Wildman–Crippen LogP) is 3.90. The molecule has 0 spiro atoms. The molecule has 1 N–H and O–H groups in total. The smallest absolute Gasteiger partial charge is 0.406 e. The Bertz CT molecular complexity index is 773. The highest BCUT2D eigenvalue weighted by atomic mass is 19.4. The molecule has 1 aliphatic heterocycles. The van der Waals surface area contributed by atoms with Crippen molar-refractivity contribution in [1.29, 1.82) is 0 Å². The van der Waals surface area contributed by atoms with Crippen LogP contribution in [-0.2, 0) is 6.54 Å². The van der Waals surface area contributed by atoms with Gasteiger partial charge in [-0.25, -0.2) is 4.98 Å². The van der Waals surface area contributed by atoms with Crippen LogP contribution in [0.25, 0.3) is 0 Å². The molecule has 1 aromatic carbocycles. The number of anilines is 1. The first kappa shape index (κ1) is 19.0. The van der Waals surface area contributed by atoms with Crippen molar-refractivity contribution in [3.05, 3.63) is 53.7 Å². The molecule has 1 aliphatic rings. The van der Waals surface area contributed by atoms with E-state index in [1.165, 1.54) is 18.6 Å². The van der Waals surface area contributed by atoms with Crippen LogP contribution < -0.4 is 15.0 Å². The maximum atomic E-state index is 12.3. The maximum absolute atomic E-state index is 12.3. The third-order valence-electron chi connectivity index (χ3n) is 4.31. The minimum Gasteiger partial charge on any atom is -0.406 e. The highest BCUT2D eigenvalue weighted by molar-refractivity contribution is 5.94. The van der Waals surface area contributed by atoms with E-state index in [0.717, 1.165) is 49.4 Å². The van der Waals surface area contributed by atoms with Gasteiger partial charge in [0.15, 0.2) is 0 Å². The highest BCUT2D eigenvalue weighted by Crippen LogP contribution is 2.23. The number of carbonyl (C=O) groups excluding carboxylic acids is 1. The van der Waals surface area contributed by atoms with Gasteiger partial charge in [0.1, 0.15) is 11.6 Å². The van der Waals surface area contributed by atoms with Gasteiger partial charge in [-0.3, -0.25) is 4.79 Å². The minimum absolute atomic E-state index is 0.257. The zero-order chi connectivity index (χ0) is 19.3. The number of nitrogens with zero attached hydrogens (tertiary/aromatic N) is 2. The normalized spacial score (nSPS) is 14.7. The maximum Gasteiger partial charge on any atom is 0.573 e. The summed E-state index contributed by atoms with van der Waals surface area (Å²) in [7, 11) is 0. The summed E-state index contributed by atoms with van der Waals surface area (Å²) in [6.07, 6.45) is 0.427. The summed E-state index contributed by atoms with van der Waals surface area (Å²) in [5.41, 5.74) is 1.16. The number of nitrogens with one attached hydrogen (secondary N) is 1. The summed E-state index contributed by atoms with van der Waals surface area (Å²) in [6, 6.07) is 8.56. The lowest BCUT2D eigenvalue weighted by molar-refractivity contribution is -0.274. The van der Waals surface area contributed by atoms with Gasteiger partial charge in [-0.15, -0.1) is 13.2 Å². The van der Waals surface area contributed by atoms with E-state index in [1.54, 1.807) is 6.20 Å². The molecule has 0 aliphatic carbocycles. The number of alkyl halides is 3. The number of pyridine rings is 1. The summed E-state index contributed by atoms with van der Waals surface area (Å²) in [6.45, 7) is 2.18. The monoisotopic (exact) mass is 379 g/mol. The van der Waals surface area contributed by atoms with E-state index in [-0.39, 0.29) is 17.2 Å². The van der Waals surface area contributed by atoms with Crippen molar-refractivity contribution >= 4 is 11.7 Å². The third-order valence-corrected chi connectivity index (χ3v) is 4.31. The van der Waals surface area contributed by atoms with Gasteiger partial charge in [0.05, 0.1) is 0 Å². The summed E-state index contributed by atoms with van der Waals surface area (Å²) in [5.74, 6) is 0.132. The molecule has 1 aromatic heterocycles. The van der Waals surface area contributed by atoms with Crippen LogP contribution in [0.15, 0.2) is 42.6 Å². The van der Waals surface area contributed by atoms with Gasteiger partial charge in [-0.1, -0.05) is 6.07 Å². The van der Waals surface area contributed by atoms with Crippen LogP contribution in [0.4, 0.5) is 19.0 Å². The van der Waals surface area contributed by atoms with E-state index in [2.05, 4.69) is 19.9 Å². The Hall–Kier alpha value is -2.77. The molecule has 0 radical (unpaired) electrons. The Morgan fingerprint density at radius 2 is 1.81 bits per heavy atom.